The highest BCUT2D eigenvalue weighted by molar-refractivity contribution is 5.86. The van der Waals surface area contributed by atoms with Gasteiger partial charge in [0, 0.05) is 6.54 Å². The van der Waals surface area contributed by atoms with Crippen molar-refractivity contribution in [2.75, 3.05) is 6.54 Å². The molecule has 3 atom stereocenters. The minimum atomic E-state index is -0.547. The Balaban J connectivity index is 0.00000133. The van der Waals surface area contributed by atoms with Gasteiger partial charge in [-0.1, -0.05) is 19.3 Å². The topological polar surface area (TPSA) is 55.1 Å². The molecular formula is C15H27ClN2O. The Hall–Kier alpha value is -0.280. The molecule has 0 radical (unpaired) electrons. The molecule has 3 rings (SSSR count). The molecule has 3 fully saturated rings. The van der Waals surface area contributed by atoms with Crippen LogP contribution in [0.2, 0.25) is 0 Å². The van der Waals surface area contributed by atoms with E-state index in [4.69, 9.17) is 5.73 Å². The number of nitrogens with one attached hydrogen (secondary N) is 1. The number of rotatable bonds is 4. The molecule has 3 N–H and O–H groups in total. The molecule has 0 aromatic carbocycles. The highest BCUT2D eigenvalue weighted by Gasteiger charge is 2.40. The monoisotopic (exact) mass is 286 g/mol. The van der Waals surface area contributed by atoms with Crippen LogP contribution in [0.15, 0.2) is 0 Å². The minimum Gasteiger partial charge on any atom is -0.354 e. The van der Waals surface area contributed by atoms with Crippen LogP contribution < -0.4 is 11.1 Å². The molecule has 3 aliphatic rings. The molecular weight excluding hydrogens is 260 g/mol. The van der Waals surface area contributed by atoms with Crippen LogP contribution >= 0.6 is 12.4 Å². The summed E-state index contributed by atoms with van der Waals surface area (Å²) in [6.45, 7) is 0.839. The molecule has 0 aliphatic heterocycles. The minimum absolute atomic E-state index is 0. The van der Waals surface area contributed by atoms with Gasteiger partial charge in [0.2, 0.25) is 5.91 Å². The van der Waals surface area contributed by atoms with Crippen molar-refractivity contribution >= 4 is 18.3 Å². The Labute approximate surface area is 122 Å². The first-order valence-corrected chi connectivity index (χ1v) is 7.74. The van der Waals surface area contributed by atoms with Gasteiger partial charge in [-0.2, -0.15) is 0 Å². The van der Waals surface area contributed by atoms with E-state index in [2.05, 4.69) is 5.32 Å². The van der Waals surface area contributed by atoms with E-state index in [0.717, 1.165) is 50.0 Å². The maximum absolute atomic E-state index is 12.1. The smallest absolute Gasteiger partial charge is 0.240 e. The van der Waals surface area contributed by atoms with E-state index in [1.54, 1.807) is 0 Å². The summed E-state index contributed by atoms with van der Waals surface area (Å²) >= 11 is 0. The van der Waals surface area contributed by atoms with Gasteiger partial charge in [-0.25, -0.2) is 0 Å². The molecule has 1 amide bonds. The van der Waals surface area contributed by atoms with E-state index in [-0.39, 0.29) is 18.3 Å². The van der Waals surface area contributed by atoms with Gasteiger partial charge in [0.25, 0.3) is 0 Å². The summed E-state index contributed by atoms with van der Waals surface area (Å²) in [7, 11) is 0. The Morgan fingerprint density at radius 3 is 2.53 bits per heavy atom. The molecule has 110 valence electrons. The number of carbonyl (C=O) groups is 1. The van der Waals surface area contributed by atoms with Crippen molar-refractivity contribution in [3.63, 3.8) is 0 Å². The second-order valence-corrected chi connectivity index (χ2v) is 6.84. The van der Waals surface area contributed by atoms with Crippen molar-refractivity contribution in [2.24, 2.45) is 23.5 Å². The SMILES string of the molecule is Cl.NC1(C(=O)NCCC2CC3CCC2C3)CCCC1. The fraction of sp³-hybridized carbons (Fsp3) is 0.933. The predicted octanol–water partition coefficient (Wildman–Crippen LogP) is 2.62. The zero-order valence-corrected chi connectivity index (χ0v) is 12.5. The van der Waals surface area contributed by atoms with Gasteiger partial charge >= 0.3 is 0 Å². The first-order valence-electron chi connectivity index (χ1n) is 7.74. The summed E-state index contributed by atoms with van der Waals surface area (Å²) in [6, 6.07) is 0. The van der Waals surface area contributed by atoms with E-state index in [1.807, 2.05) is 0 Å². The third-order valence-electron chi connectivity index (χ3n) is 5.63. The molecule has 0 saturated heterocycles. The number of fused-ring (bicyclic) bond motifs is 2. The van der Waals surface area contributed by atoms with Gasteiger partial charge in [-0.05, 0) is 56.3 Å². The van der Waals surface area contributed by atoms with Gasteiger partial charge in [-0.3, -0.25) is 4.79 Å². The van der Waals surface area contributed by atoms with Crippen LogP contribution in [-0.2, 0) is 4.79 Å². The van der Waals surface area contributed by atoms with E-state index in [1.165, 1.54) is 32.1 Å². The van der Waals surface area contributed by atoms with Gasteiger partial charge in [-0.15, -0.1) is 12.4 Å². The lowest BCUT2D eigenvalue weighted by molar-refractivity contribution is -0.126. The molecule has 0 spiro atoms. The second kappa shape index (κ2) is 6.01. The van der Waals surface area contributed by atoms with Crippen LogP contribution in [-0.4, -0.2) is 18.0 Å². The summed E-state index contributed by atoms with van der Waals surface area (Å²) in [5.74, 6) is 2.95. The molecule has 3 saturated carbocycles. The third kappa shape index (κ3) is 3.08. The lowest BCUT2D eigenvalue weighted by atomic mass is 9.86. The second-order valence-electron chi connectivity index (χ2n) is 6.84. The highest BCUT2D eigenvalue weighted by Crippen LogP contribution is 2.49. The standard InChI is InChI=1S/C15H26N2O.ClH/c16-15(6-1-2-7-15)14(18)17-8-5-13-10-11-3-4-12(13)9-11;/h11-13H,1-10,16H2,(H,17,18);1H. The maximum Gasteiger partial charge on any atom is 0.240 e. The summed E-state index contributed by atoms with van der Waals surface area (Å²) in [6.07, 6.45) is 10.9. The van der Waals surface area contributed by atoms with Crippen molar-refractivity contribution in [3.8, 4) is 0 Å². The van der Waals surface area contributed by atoms with Crippen LogP contribution in [0, 0.1) is 17.8 Å². The van der Waals surface area contributed by atoms with Crippen LogP contribution in [0.3, 0.4) is 0 Å². The number of halogens is 1. The number of hydrogen-bond donors (Lipinski definition) is 2. The molecule has 3 nitrogen and oxygen atoms in total. The van der Waals surface area contributed by atoms with Crippen LogP contribution in [0.4, 0.5) is 0 Å². The average molecular weight is 287 g/mol. The largest absolute Gasteiger partial charge is 0.354 e. The number of carbonyl (C=O) groups excluding carboxylic acids is 1. The molecule has 3 aliphatic carbocycles. The van der Waals surface area contributed by atoms with E-state index in [0.29, 0.717) is 0 Å². The van der Waals surface area contributed by atoms with E-state index < -0.39 is 5.54 Å². The van der Waals surface area contributed by atoms with Crippen LogP contribution in [0.1, 0.15) is 57.8 Å². The van der Waals surface area contributed by atoms with Gasteiger partial charge < -0.3 is 11.1 Å². The Morgan fingerprint density at radius 2 is 1.95 bits per heavy atom. The zero-order valence-electron chi connectivity index (χ0n) is 11.7. The molecule has 0 heterocycles. The quantitative estimate of drug-likeness (QED) is 0.835. The van der Waals surface area contributed by atoms with Crippen LogP contribution in [0.5, 0.6) is 0 Å². The Morgan fingerprint density at radius 1 is 1.21 bits per heavy atom. The first-order chi connectivity index (χ1) is 8.67. The Kier molecular flexibility index (Phi) is 4.78. The fourth-order valence-electron chi connectivity index (χ4n) is 4.51. The molecule has 3 unspecified atom stereocenters. The van der Waals surface area contributed by atoms with Crippen molar-refractivity contribution in [2.45, 2.75) is 63.3 Å². The first kappa shape index (κ1) is 15.1. The molecule has 0 aromatic heterocycles. The molecule has 4 heteroatoms. The average Bonchev–Trinajstić information content (AvgIpc) is 3.05. The lowest BCUT2D eigenvalue weighted by Crippen LogP contribution is -2.52. The van der Waals surface area contributed by atoms with Crippen molar-refractivity contribution in [1.82, 2.24) is 5.32 Å². The fourth-order valence-corrected chi connectivity index (χ4v) is 4.51. The highest BCUT2D eigenvalue weighted by atomic mass is 35.5. The molecule has 0 aromatic rings. The molecule has 2 bridgehead atoms. The van der Waals surface area contributed by atoms with E-state index >= 15 is 0 Å². The third-order valence-corrected chi connectivity index (χ3v) is 5.63. The number of nitrogens with two attached hydrogens (primary N) is 1. The zero-order chi connectivity index (χ0) is 12.6. The van der Waals surface area contributed by atoms with Gasteiger partial charge in [0.15, 0.2) is 0 Å². The maximum atomic E-state index is 12.1. The van der Waals surface area contributed by atoms with Crippen molar-refractivity contribution in [1.29, 1.82) is 0 Å². The Bertz CT molecular complexity index is 328. The van der Waals surface area contributed by atoms with Gasteiger partial charge in [0.1, 0.15) is 0 Å². The van der Waals surface area contributed by atoms with Crippen molar-refractivity contribution in [3.05, 3.63) is 0 Å². The summed E-state index contributed by atoms with van der Waals surface area (Å²) in [4.78, 5) is 12.1. The lowest BCUT2D eigenvalue weighted by Gasteiger charge is -2.25. The van der Waals surface area contributed by atoms with Crippen molar-refractivity contribution < 1.29 is 4.79 Å². The van der Waals surface area contributed by atoms with E-state index in [9.17, 15) is 4.79 Å². The number of hydrogen-bond acceptors (Lipinski definition) is 2. The molecule has 19 heavy (non-hydrogen) atoms. The normalized spacial score (nSPS) is 35.1. The van der Waals surface area contributed by atoms with Gasteiger partial charge in [0.05, 0.1) is 5.54 Å². The number of amides is 1. The summed E-state index contributed by atoms with van der Waals surface area (Å²) in [5, 5.41) is 3.09. The predicted molar refractivity (Wildman–Crippen MR) is 79.2 cm³/mol. The van der Waals surface area contributed by atoms with Crippen LogP contribution in [0.25, 0.3) is 0 Å². The summed E-state index contributed by atoms with van der Waals surface area (Å²) < 4.78 is 0. The summed E-state index contributed by atoms with van der Waals surface area (Å²) in [5.41, 5.74) is 5.60.